The van der Waals surface area contributed by atoms with Crippen LogP contribution in [0.5, 0.6) is 0 Å². The summed E-state index contributed by atoms with van der Waals surface area (Å²) in [6, 6.07) is 0. The summed E-state index contributed by atoms with van der Waals surface area (Å²) in [6.07, 6.45) is 16.3. The molecule has 90 heavy (non-hydrogen) atoms. The largest absolute Gasteiger partial charge is 1.00 e. The third-order valence-electron chi connectivity index (χ3n) is 19.6. The number of esters is 4. The average Bonchev–Trinajstić information content (AvgIpc) is 1.01. The maximum atomic E-state index is 12.5. The van der Waals surface area contributed by atoms with Gasteiger partial charge in [0.25, 0.3) is 0 Å². The first-order valence-corrected chi connectivity index (χ1v) is 32.9. The molecule has 0 amide bonds. The van der Waals surface area contributed by atoms with Gasteiger partial charge in [-0.25, -0.2) is 0 Å². The van der Waals surface area contributed by atoms with E-state index >= 15 is 0 Å². The van der Waals surface area contributed by atoms with Gasteiger partial charge < -0.3 is 74.8 Å². The third-order valence-corrected chi connectivity index (χ3v) is 19.6. The van der Waals surface area contributed by atoms with Crippen LogP contribution in [0.2, 0.25) is 0 Å². The van der Waals surface area contributed by atoms with Gasteiger partial charge in [-0.3, -0.25) is 24.0 Å². The summed E-state index contributed by atoms with van der Waals surface area (Å²) < 4.78 is 23.0. The molecule has 0 aromatic heterocycles. The van der Waals surface area contributed by atoms with Crippen LogP contribution in [0, 0.1) is 71.0 Å². The summed E-state index contributed by atoms with van der Waals surface area (Å²) in [5.74, 6) is -3.12. The fraction of sp³-hybridized carbons (Fsp3) is 0.739. The molecule has 0 radical (unpaired) electrons. The van der Waals surface area contributed by atoms with E-state index in [4.69, 9.17) is 24.1 Å². The number of carbonyl (C=O) groups excluding carboxylic acids is 5. The molecule has 1 saturated heterocycles. The second kappa shape index (κ2) is 37.7. The van der Waals surface area contributed by atoms with Gasteiger partial charge in [0.15, 0.2) is 0 Å². The van der Waals surface area contributed by atoms with E-state index in [2.05, 4.69) is 39.0 Å². The third kappa shape index (κ3) is 23.7. The van der Waals surface area contributed by atoms with Crippen LogP contribution in [0.4, 0.5) is 0 Å². The summed E-state index contributed by atoms with van der Waals surface area (Å²) in [5, 5.41) is 100. The van der Waals surface area contributed by atoms with Gasteiger partial charge in [-0.2, -0.15) is 0 Å². The molecule has 9 N–H and O–H groups in total. The summed E-state index contributed by atoms with van der Waals surface area (Å²) in [7, 11) is 0. The van der Waals surface area contributed by atoms with Crippen molar-refractivity contribution in [1.29, 1.82) is 0 Å². The van der Waals surface area contributed by atoms with Crippen LogP contribution in [-0.2, 0) is 47.7 Å². The number of aliphatic hydroxyl groups is 8. The van der Waals surface area contributed by atoms with E-state index < -0.39 is 79.4 Å². The van der Waals surface area contributed by atoms with Crippen LogP contribution in [0.1, 0.15) is 178 Å². The van der Waals surface area contributed by atoms with Crippen LogP contribution in [0.25, 0.3) is 0 Å². The molecule has 1 fully saturated rings. The van der Waals surface area contributed by atoms with Crippen LogP contribution in [0.3, 0.4) is 0 Å². The van der Waals surface area contributed by atoms with E-state index in [0.29, 0.717) is 70.6 Å². The molecular weight excluding hydrogens is 1170 g/mol. The number of cyclic esters (lactones) is 1. The Kier molecular flexibility index (Phi) is 32.9. The molecule has 0 bridgehead atoms. The predicted molar refractivity (Wildman–Crippen MR) is 328 cm³/mol. The fourth-order valence-corrected chi connectivity index (χ4v) is 13.9. The summed E-state index contributed by atoms with van der Waals surface area (Å²) >= 11 is 0. The monoisotopic (exact) mass is 1280 g/mol. The Morgan fingerprint density at radius 2 is 0.889 bits per heavy atom. The number of rotatable bonds is 26. The van der Waals surface area contributed by atoms with Crippen LogP contribution in [0.15, 0.2) is 71.4 Å². The Morgan fingerprint density at radius 1 is 0.544 bits per heavy atom. The van der Waals surface area contributed by atoms with Crippen molar-refractivity contribution in [2.75, 3.05) is 0 Å². The van der Waals surface area contributed by atoms with Crippen molar-refractivity contribution in [3.8, 4) is 0 Å². The molecule has 0 aromatic rings. The van der Waals surface area contributed by atoms with Gasteiger partial charge >= 0.3 is 59.4 Å². The van der Waals surface area contributed by atoms with Crippen molar-refractivity contribution < 1.29 is 128 Å². The van der Waals surface area contributed by atoms with Gasteiger partial charge in [0.1, 0.15) is 24.4 Å². The SMILES string of the molecule is CC[C@H](C)C(=O)O[C@H]1C[C@H](O)C=C2C=C[C@H](C)C(CC[C@@H](O)C[C@@H](O)CC(=O)O)C21.CC[C@H](C)C(=O)O[C@H]1C[C@H](O)C=C2C=C[C@H](C)C(CC[C@@H](O)C[C@@H](O)CC(=O)[O-])C21.CC[C@H](C)C(=O)O[C@H]1C[C@H](O)C=C2C=C[C@H](C)C(CC[C@@H]3C[C@@H](O)CC(=O)O3)C21.[Na+]. The standard InChI is InChI=1S/2C23H36O7.C23H34O6.Na/c2*1-4-13(2)23(29)30-20-11-17(25)9-15-6-5-14(3)19(22(15)20)8-7-16(24)10-18(26)12-21(27)28;1-4-13(2)23(27)29-20-11-16(24)9-15-6-5-14(3)19(22(15)20)8-7-18-10-17(25)12-21(26)28-18;/h2*5-6,9,13-14,16-20,22,24-26H,4,7-8,10-12H2,1-3H3,(H,27,28);5-6,9,13-14,16-20,22,24-25H,4,7-8,10-12H2,1-3H3;/q;;;+1/p-1/t3*13-,14-,16+,17+,18+,19?,20-,22?;/m000./s1. The maximum Gasteiger partial charge on any atom is 1.00 e. The van der Waals surface area contributed by atoms with E-state index in [0.717, 1.165) is 29.6 Å². The van der Waals surface area contributed by atoms with E-state index in [9.17, 15) is 74.7 Å². The van der Waals surface area contributed by atoms with Crippen molar-refractivity contribution in [2.24, 2.45) is 71.0 Å². The van der Waals surface area contributed by atoms with Gasteiger partial charge in [-0.05, 0) is 123 Å². The molecule has 0 spiro atoms. The van der Waals surface area contributed by atoms with E-state index in [1.165, 1.54) is 0 Å². The van der Waals surface area contributed by atoms with E-state index in [1.54, 1.807) is 0 Å². The van der Waals surface area contributed by atoms with E-state index in [1.807, 2.05) is 78.0 Å². The van der Waals surface area contributed by atoms with Crippen molar-refractivity contribution in [3.63, 3.8) is 0 Å². The summed E-state index contributed by atoms with van der Waals surface area (Å²) in [5.41, 5.74) is 2.93. The minimum atomic E-state index is -1.35. The maximum absolute atomic E-state index is 12.5. The quantitative estimate of drug-likeness (QED) is 0.0340. The Morgan fingerprint density at radius 3 is 1.21 bits per heavy atom. The molecule has 0 saturated carbocycles. The number of hydrogen-bond donors (Lipinski definition) is 9. The van der Waals surface area contributed by atoms with Crippen molar-refractivity contribution in [2.45, 2.75) is 251 Å². The minimum absolute atomic E-state index is 0. The number of carboxylic acid groups (broad SMARTS) is 2. The van der Waals surface area contributed by atoms with Crippen molar-refractivity contribution in [3.05, 3.63) is 71.4 Å². The molecule has 7 aliphatic rings. The summed E-state index contributed by atoms with van der Waals surface area (Å²) in [6.45, 7) is 17.7. The second-order valence-corrected chi connectivity index (χ2v) is 26.7. The molecule has 1 heterocycles. The number of allylic oxidation sites excluding steroid dienone is 6. The van der Waals surface area contributed by atoms with Gasteiger partial charge in [-0.15, -0.1) is 0 Å². The van der Waals surface area contributed by atoms with Gasteiger partial charge in [0, 0.05) is 55.8 Å². The Hall–Kier alpha value is -4.06. The minimum Gasteiger partial charge on any atom is -0.550 e. The van der Waals surface area contributed by atoms with Crippen LogP contribution < -0.4 is 34.7 Å². The molecule has 0 aromatic carbocycles. The summed E-state index contributed by atoms with van der Waals surface area (Å²) in [4.78, 5) is 70.2. The molecule has 20 nitrogen and oxygen atoms in total. The first kappa shape index (κ1) is 78.4. The zero-order valence-corrected chi connectivity index (χ0v) is 56.8. The van der Waals surface area contributed by atoms with Crippen molar-refractivity contribution >= 4 is 35.8 Å². The fourth-order valence-electron chi connectivity index (χ4n) is 13.9. The predicted octanol–water partition coefficient (Wildman–Crippen LogP) is 3.47. The van der Waals surface area contributed by atoms with Gasteiger partial charge in [-0.1, -0.05) is 117 Å². The van der Waals surface area contributed by atoms with Gasteiger partial charge in [0.2, 0.25) is 0 Å². The first-order chi connectivity index (χ1) is 42.0. The number of aliphatic hydroxyl groups excluding tert-OH is 8. The Bertz CT molecular complexity index is 2410. The molecule has 24 atom stereocenters. The second-order valence-electron chi connectivity index (χ2n) is 26.7. The topological polar surface area (TPSA) is 344 Å². The molecule has 6 aliphatic carbocycles. The zero-order valence-electron chi connectivity index (χ0n) is 54.8. The zero-order chi connectivity index (χ0) is 66.0. The number of fused-ring (bicyclic) bond motifs is 3. The molecule has 7 rings (SSSR count). The number of carbonyl (C=O) groups is 6. The number of hydrogen-bond acceptors (Lipinski definition) is 19. The van der Waals surface area contributed by atoms with Crippen LogP contribution in [-0.4, -0.2) is 155 Å². The number of ether oxygens (including phenoxy) is 4. The Labute approximate surface area is 554 Å². The molecular formula is C69H105NaO20. The van der Waals surface area contributed by atoms with Gasteiger partial charge in [0.05, 0.1) is 79.4 Å². The average molecular weight is 1280 g/mol. The Balaban J connectivity index is 0.000000287. The smallest absolute Gasteiger partial charge is 0.550 e. The molecule has 1 aliphatic heterocycles. The van der Waals surface area contributed by atoms with Crippen molar-refractivity contribution in [1.82, 2.24) is 0 Å². The number of carboxylic acids is 2. The number of aliphatic carboxylic acids is 2. The van der Waals surface area contributed by atoms with Crippen LogP contribution >= 0.6 is 0 Å². The molecule has 502 valence electrons. The normalized spacial score (nSPS) is 33.1. The molecule has 21 heteroatoms. The first-order valence-electron chi connectivity index (χ1n) is 32.9. The van der Waals surface area contributed by atoms with E-state index in [-0.39, 0.29) is 162 Å². The molecule has 6 unspecified atom stereocenters.